The van der Waals surface area contributed by atoms with E-state index in [4.69, 9.17) is 15.2 Å². The smallest absolute Gasteiger partial charge is 0.274 e. The van der Waals surface area contributed by atoms with Gasteiger partial charge in [-0.05, 0) is 43.2 Å². The van der Waals surface area contributed by atoms with Gasteiger partial charge in [0.05, 0.1) is 31.6 Å². The Morgan fingerprint density at radius 3 is 2.68 bits per heavy atom. The molecule has 4 N–H and O–H groups in total. The molecule has 2 atom stereocenters. The number of nitrogens with two attached hydrogens (primary N) is 1. The monoisotopic (exact) mass is 516 g/mol. The van der Waals surface area contributed by atoms with Crippen LogP contribution in [0.4, 0.5) is 11.6 Å². The molecule has 12 nitrogen and oxygen atoms in total. The molecule has 0 unspecified atom stereocenters. The number of hydrogen-bond donors (Lipinski definition) is 3. The van der Waals surface area contributed by atoms with Gasteiger partial charge in [-0.25, -0.2) is 9.97 Å². The Kier molecular flexibility index (Phi) is 5.95. The van der Waals surface area contributed by atoms with E-state index in [1.165, 1.54) is 31.9 Å². The molecule has 2 aliphatic rings. The summed E-state index contributed by atoms with van der Waals surface area (Å²) in [4.78, 5) is 30.8. The number of methoxy groups -OCH3 is 1. The molecule has 0 amide bonds. The lowest BCUT2D eigenvalue weighted by Crippen LogP contribution is -2.39. The Hall–Kier alpha value is -4.45. The van der Waals surface area contributed by atoms with E-state index >= 15 is 0 Å². The first-order valence-corrected chi connectivity index (χ1v) is 12.4. The Bertz CT molecular complexity index is 1590. The number of nitrogens with zero attached hydrogens (tertiary/aromatic N) is 6. The summed E-state index contributed by atoms with van der Waals surface area (Å²) in [5, 5.41) is 13.4. The van der Waals surface area contributed by atoms with Crippen LogP contribution >= 0.6 is 0 Å². The highest BCUT2D eigenvalue weighted by Crippen LogP contribution is 2.42. The number of imidazole rings is 1. The van der Waals surface area contributed by atoms with E-state index in [1.54, 1.807) is 22.4 Å². The first kappa shape index (κ1) is 23.9. The molecule has 12 heteroatoms. The van der Waals surface area contributed by atoms with Crippen LogP contribution < -0.4 is 26.1 Å². The van der Waals surface area contributed by atoms with E-state index in [2.05, 4.69) is 25.3 Å². The summed E-state index contributed by atoms with van der Waals surface area (Å²) in [5.41, 5.74) is 8.51. The number of fused-ring (bicyclic) bond motifs is 1. The lowest BCUT2D eigenvalue weighted by molar-refractivity contribution is 0.0299. The quantitative estimate of drug-likeness (QED) is 0.298. The zero-order valence-electron chi connectivity index (χ0n) is 21.0. The second-order valence-electron chi connectivity index (χ2n) is 9.56. The first-order valence-electron chi connectivity index (χ1n) is 12.4. The minimum atomic E-state index is -0.507. The van der Waals surface area contributed by atoms with Crippen molar-refractivity contribution in [2.45, 2.75) is 43.7 Å². The van der Waals surface area contributed by atoms with Crippen LogP contribution in [0.25, 0.3) is 16.9 Å². The summed E-state index contributed by atoms with van der Waals surface area (Å²) in [5.74, 6) is 1.84. The van der Waals surface area contributed by atoms with Crippen molar-refractivity contribution in [3.8, 4) is 11.5 Å². The maximum absolute atomic E-state index is 13.4. The topological polar surface area (TPSA) is 155 Å². The van der Waals surface area contributed by atoms with E-state index < -0.39 is 6.10 Å². The van der Waals surface area contributed by atoms with E-state index in [-0.39, 0.29) is 17.4 Å². The van der Waals surface area contributed by atoms with Crippen LogP contribution in [0.15, 0.2) is 48.0 Å². The number of ether oxygens (including phenoxy) is 2. The maximum Gasteiger partial charge on any atom is 0.274 e. The molecule has 0 bridgehead atoms. The van der Waals surface area contributed by atoms with Crippen molar-refractivity contribution in [2.24, 2.45) is 12.8 Å². The largest absolute Gasteiger partial charge is 0.491 e. The highest BCUT2D eigenvalue weighted by molar-refractivity contribution is 5.85. The minimum Gasteiger partial charge on any atom is -0.491 e. The summed E-state index contributed by atoms with van der Waals surface area (Å²) in [6.07, 6.45) is 12.5. The van der Waals surface area contributed by atoms with Gasteiger partial charge in [-0.3, -0.25) is 9.78 Å². The zero-order chi connectivity index (χ0) is 26.4. The fourth-order valence-electron chi connectivity index (χ4n) is 4.73. The number of anilines is 2. The number of aromatic nitrogens is 6. The Balaban J connectivity index is 1.38. The van der Waals surface area contributed by atoms with Crippen molar-refractivity contribution >= 4 is 28.6 Å². The van der Waals surface area contributed by atoms with Gasteiger partial charge in [0.2, 0.25) is 5.95 Å². The number of aliphatic hydroxyl groups is 1. The molecule has 2 saturated carbocycles. The molecule has 0 saturated heterocycles. The van der Waals surface area contributed by atoms with Crippen molar-refractivity contribution in [2.75, 3.05) is 12.4 Å². The molecule has 2 fully saturated rings. The Morgan fingerprint density at radius 2 is 2.05 bits per heavy atom. The van der Waals surface area contributed by atoms with Crippen molar-refractivity contribution in [3.63, 3.8) is 0 Å². The van der Waals surface area contributed by atoms with Gasteiger partial charge in [-0.2, -0.15) is 4.98 Å². The number of aliphatic hydroxyl groups excluding tert-OH is 1. The molecule has 38 heavy (non-hydrogen) atoms. The van der Waals surface area contributed by atoms with Crippen LogP contribution in [-0.4, -0.2) is 47.4 Å². The highest BCUT2D eigenvalue weighted by Gasteiger charge is 2.33. The molecule has 0 radical (unpaired) electrons. The lowest BCUT2D eigenvalue weighted by Gasteiger charge is -2.34. The number of aryl methyl sites for hydroxylation is 1. The third kappa shape index (κ3) is 4.12. The molecular formula is C26H28N8O4. The van der Waals surface area contributed by atoms with Gasteiger partial charge in [-0.1, -0.05) is 0 Å². The van der Waals surface area contributed by atoms with Gasteiger partial charge < -0.3 is 34.8 Å². The SMILES string of the molecule is COc1c(OC(=CN)c2cnccn2)cnc2nc(Nc3cc(C4CC4)cn([C@@H]4CC[C@H]4O)c3=O)n(C)c12. The van der Waals surface area contributed by atoms with Crippen molar-refractivity contribution < 1.29 is 14.6 Å². The molecule has 2 aliphatic carbocycles. The summed E-state index contributed by atoms with van der Waals surface area (Å²) >= 11 is 0. The van der Waals surface area contributed by atoms with Gasteiger partial charge in [0.15, 0.2) is 22.9 Å². The summed E-state index contributed by atoms with van der Waals surface area (Å²) < 4.78 is 15.1. The van der Waals surface area contributed by atoms with E-state index in [9.17, 15) is 9.90 Å². The zero-order valence-corrected chi connectivity index (χ0v) is 21.0. The van der Waals surface area contributed by atoms with Gasteiger partial charge in [0.1, 0.15) is 16.9 Å². The Morgan fingerprint density at radius 1 is 1.21 bits per heavy atom. The van der Waals surface area contributed by atoms with Crippen molar-refractivity contribution in [1.29, 1.82) is 0 Å². The standard InChI is InChI=1S/C26H28N8O4/c1-33-22-23(37-2)21(38-20(10-27)17-11-28-7-8-29-17)12-30-24(22)32-26(33)31-16-9-15(14-3-4-14)13-34(25(16)36)18-5-6-19(18)35/h7-14,18-19,35H,3-6,27H2,1-2H3,(H,30,31,32)/t18-,19-/m1/s1. The average Bonchev–Trinajstić information content (AvgIpc) is 3.73. The average molecular weight is 517 g/mol. The Labute approximate surface area is 217 Å². The fourth-order valence-corrected chi connectivity index (χ4v) is 4.73. The fraction of sp³-hybridized carbons (Fsp3) is 0.346. The number of pyridine rings is 2. The van der Waals surface area contributed by atoms with Crippen molar-refractivity contribution in [3.05, 3.63) is 64.9 Å². The first-order chi connectivity index (χ1) is 18.5. The van der Waals surface area contributed by atoms with Crippen LogP contribution in [-0.2, 0) is 7.05 Å². The molecule has 0 aliphatic heterocycles. The predicted molar refractivity (Wildman–Crippen MR) is 140 cm³/mol. The van der Waals surface area contributed by atoms with Gasteiger partial charge in [-0.15, -0.1) is 0 Å². The van der Waals surface area contributed by atoms with Crippen LogP contribution in [0, 0.1) is 0 Å². The predicted octanol–water partition coefficient (Wildman–Crippen LogP) is 2.58. The summed E-state index contributed by atoms with van der Waals surface area (Å²) in [6, 6.07) is 1.68. The van der Waals surface area contributed by atoms with Crippen LogP contribution in [0.3, 0.4) is 0 Å². The molecule has 4 aromatic rings. The lowest BCUT2D eigenvalue weighted by atomic mass is 9.88. The number of hydrogen-bond acceptors (Lipinski definition) is 10. The molecule has 4 aromatic heterocycles. The van der Waals surface area contributed by atoms with Crippen molar-refractivity contribution in [1.82, 2.24) is 29.1 Å². The van der Waals surface area contributed by atoms with Crippen LogP contribution in [0.2, 0.25) is 0 Å². The summed E-state index contributed by atoms with van der Waals surface area (Å²) in [7, 11) is 3.32. The van der Waals surface area contributed by atoms with Gasteiger partial charge >= 0.3 is 0 Å². The third-order valence-electron chi connectivity index (χ3n) is 7.13. The highest BCUT2D eigenvalue weighted by atomic mass is 16.5. The van der Waals surface area contributed by atoms with Crippen LogP contribution in [0.1, 0.15) is 48.9 Å². The second kappa shape index (κ2) is 9.45. The van der Waals surface area contributed by atoms with E-state index in [1.807, 2.05) is 12.3 Å². The van der Waals surface area contributed by atoms with Crippen LogP contribution in [0.5, 0.6) is 11.5 Å². The van der Waals surface area contributed by atoms with Gasteiger partial charge in [0.25, 0.3) is 5.56 Å². The van der Waals surface area contributed by atoms with E-state index in [0.29, 0.717) is 52.3 Å². The molecular weight excluding hydrogens is 488 g/mol. The molecule has 6 rings (SSSR count). The molecule has 0 aromatic carbocycles. The van der Waals surface area contributed by atoms with Gasteiger partial charge in [0, 0.05) is 31.8 Å². The molecule has 4 heterocycles. The normalized spacial score (nSPS) is 19.3. The number of rotatable bonds is 8. The second-order valence-corrected chi connectivity index (χ2v) is 9.56. The molecule has 196 valence electrons. The minimum absolute atomic E-state index is 0.198. The van der Waals surface area contributed by atoms with E-state index in [0.717, 1.165) is 24.8 Å². The number of nitrogens with one attached hydrogen (secondary N) is 1. The molecule has 0 spiro atoms. The maximum atomic E-state index is 13.4. The summed E-state index contributed by atoms with van der Waals surface area (Å²) in [6.45, 7) is 0. The third-order valence-corrected chi connectivity index (χ3v) is 7.13.